The van der Waals surface area contributed by atoms with E-state index in [0.29, 0.717) is 5.56 Å². The topological polar surface area (TPSA) is 101 Å². The summed E-state index contributed by atoms with van der Waals surface area (Å²) >= 11 is 2.00. The first kappa shape index (κ1) is 17.8. The number of amides is 2. The van der Waals surface area contributed by atoms with Crippen molar-refractivity contribution in [1.82, 2.24) is 5.32 Å². The van der Waals surface area contributed by atoms with Crippen LogP contribution in [0.4, 0.5) is 15.8 Å². The highest BCUT2D eigenvalue weighted by Gasteiger charge is 2.16. The van der Waals surface area contributed by atoms with Crippen molar-refractivity contribution in [2.24, 2.45) is 0 Å². The molecule has 0 atom stereocenters. The molecule has 24 heavy (non-hydrogen) atoms. The maximum Gasteiger partial charge on any atom is 0.306 e. The molecule has 9 heteroatoms. The van der Waals surface area contributed by atoms with Crippen molar-refractivity contribution in [2.75, 3.05) is 11.9 Å². The lowest BCUT2D eigenvalue weighted by molar-refractivity contribution is -0.387. The number of nitrogens with zero attached hydrogens (tertiary/aromatic N) is 1. The number of benzene rings is 2. The number of hydrogen-bond donors (Lipinski definition) is 2. The second-order valence-electron chi connectivity index (χ2n) is 4.63. The molecule has 7 nitrogen and oxygen atoms in total. The SMILES string of the molecule is O=C(CNC(=O)c1ccccc1I)Nc1ccc(F)c([N+](=O)[O-])c1. The van der Waals surface area contributed by atoms with Gasteiger partial charge >= 0.3 is 5.69 Å². The predicted octanol–water partition coefficient (Wildman–Crippen LogP) is 2.71. The maximum atomic E-state index is 13.2. The second kappa shape index (κ2) is 7.81. The van der Waals surface area contributed by atoms with Crippen LogP contribution in [-0.4, -0.2) is 23.3 Å². The van der Waals surface area contributed by atoms with Crippen LogP contribution >= 0.6 is 22.6 Å². The summed E-state index contributed by atoms with van der Waals surface area (Å²) in [5.74, 6) is -2.00. The Kier molecular flexibility index (Phi) is 5.79. The van der Waals surface area contributed by atoms with Gasteiger partial charge in [0.05, 0.1) is 17.0 Å². The minimum absolute atomic E-state index is 0.0663. The largest absolute Gasteiger partial charge is 0.343 e. The van der Waals surface area contributed by atoms with Crippen LogP contribution in [0, 0.1) is 19.5 Å². The van der Waals surface area contributed by atoms with Crippen molar-refractivity contribution in [3.05, 3.63) is 67.5 Å². The Morgan fingerprint density at radius 3 is 2.58 bits per heavy atom. The van der Waals surface area contributed by atoms with Crippen LogP contribution < -0.4 is 10.6 Å². The van der Waals surface area contributed by atoms with Crippen LogP contribution in [0.1, 0.15) is 10.4 Å². The van der Waals surface area contributed by atoms with E-state index < -0.39 is 28.2 Å². The molecule has 0 aliphatic carbocycles. The first-order chi connectivity index (χ1) is 11.4. The molecule has 0 heterocycles. The summed E-state index contributed by atoms with van der Waals surface area (Å²) in [7, 11) is 0. The van der Waals surface area contributed by atoms with Crippen molar-refractivity contribution in [2.45, 2.75) is 0 Å². The highest BCUT2D eigenvalue weighted by Crippen LogP contribution is 2.21. The van der Waals surface area contributed by atoms with E-state index in [-0.39, 0.29) is 12.2 Å². The minimum Gasteiger partial charge on any atom is -0.343 e. The van der Waals surface area contributed by atoms with E-state index >= 15 is 0 Å². The predicted molar refractivity (Wildman–Crippen MR) is 93.2 cm³/mol. The van der Waals surface area contributed by atoms with Crippen LogP contribution in [0.25, 0.3) is 0 Å². The van der Waals surface area contributed by atoms with Gasteiger partial charge in [0.2, 0.25) is 11.7 Å². The lowest BCUT2D eigenvalue weighted by Crippen LogP contribution is -2.33. The van der Waals surface area contributed by atoms with Crippen LogP contribution in [0.2, 0.25) is 0 Å². The lowest BCUT2D eigenvalue weighted by atomic mass is 10.2. The van der Waals surface area contributed by atoms with Gasteiger partial charge in [0, 0.05) is 15.3 Å². The Morgan fingerprint density at radius 1 is 1.21 bits per heavy atom. The zero-order valence-corrected chi connectivity index (χ0v) is 14.2. The lowest BCUT2D eigenvalue weighted by Gasteiger charge is -2.08. The maximum absolute atomic E-state index is 13.2. The number of carbonyl (C=O) groups excluding carboxylic acids is 2. The molecule has 2 aromatic carbocycles. The molecular weight excluding hydrogens is 432 g/mol. The van der Waals surface area contributed by atoms with Gasteiger partial charge in [0.25, 0.3) is 5.91 Å². The van der Waals surface area contributed by atoms with Gasteiger partial charge in [0.1, 0.15) is 0 Å². The van der Waals surface area contributed by atoms with E-state index in [1.54, 1.807) is 24.3 Å². The summed E-state index contributed by atoms with van der Waals surface area (Å²) in [6.07, 6.45) is 0. The normalized spacial score (nSPS) is 10.1. The summed E-state index contributed by atoms with van der Waals surface area (Å²) in [6.45, 7) is -0.324. The molecule has 0 saturated carbocycles. The summed E-state index contributed by atoms with van der Waals surface area (Å²) < 4.78 is 14.0. The van der Waals surface area contributed by atoms with Crippen LogP contribution in [0.3, 0.4) is 0 Å². The number of hydrogen-bond acceptors (Lipinski definition) is 4. The Labute approximate surface area is 149 Å². The van der Waals surface area contributed by atoms with E-state index in [1.165, 1.54) is 6.07 Å². The Balaban J connectivity index is 1.97. The molecule has 0 aromatic heterocycles. The second-order valence-corrected chi connectivity index (χ2v) is 5.80. The zero-order valence-electron chi connectivity index (χ0n) is 12.1. The first-order valence-corrected chi connectivity index (χ1v) is 7.73. The quantitative estimate of drug-likeness (QED) is 0.422. The first-order valence-electron chi connectivity index (χ1n) is 6.65. The number of halogens is 2. The molecule has 2 rings (SSSR count). The molecule has 0 radical (unpaired) electrons. The molecular formula is C15H11FIN3O4. The summed E-state index contributed by atoms with van der Waals surface area (Å²) in [6, 6.07) is 9.86. The third-order valence-corrected chi connectivity index (χ3v) is 3.90. The molecule has 0 bridgehead atoms. The van der Waals surface area contributed by atoms with Gasteiger partial charge in [-0.2, -0.15) is 4.39 Å². The van der Waals surface area contributed by atoms with E-state index in [1.807, 2.05) is 22.6 Å². The molecule has 0 aliphatic rings. The van der Waals surface area contributed by atoms with E-state index in [9.17, 15) is 24.1 Å². The minimum atomic E-state index is -0.995. The monoisotopic (exact) mass is 443 g/mol. The molecule has 2 aromatic rings. The molecule has 0 unspecified atom stereocenters. The average Bonchev–Trinajstić information content (AvgIpc) is 2.54. The van der Waals surface area contributed by atoms with E-state index in [0.717, 1.165) is 15.7 Å². The number of rotatable bonds is 5. The highest BCUT2D eigenvalue weighted by atomic mass is 127. The number of nitrogens with one attached hydrogen (secondary N) is 2. The fourth-order valence-corrected chi connectivity index (χ4v) is 2.47. The van der Waals surface area contributed by atoms with E-state index in [2.05, 4.69) is 10.6 Å². The third kappa shape index (κ3) is 4.47. The van der Waals surface area contributed by atoms with Gasteiger partial charge in [-0.05, 0) is 46.9 Å². The standard InChI is InChI=1S/C15H11FIN3O4/c16-11-6-5-9(7-13(11)20(23)24)19-14(21)8-18-15(22)10-3-1-2-4-12(10)17/h1-7H,8H2,(H,18,22)(H,19,21). The highest BCUT2D eigenvalue weighted by molar-refractivity contribution is 14.1. The van der Waals surface area contributed by atoms with Crippen molar-refractivity contribution in [3.8, 4) is 0 Å². The third-order valence-electron chi connectivity index (χ3n) is 2.95. The van der Waals surface area contributed by atoms with Gasteiger partial charge in [0.15, 0.2) is 0 Å². The Morgan fingerprint density at radius 2 is 1.92 bits per heavy atom. The van der Waals surface area contributed by atoms with Crippen LogP contribution in [0.15, 0.2) is 42.5 Å². The van der Waals surface area contributed by atoms with Crippen LogP contribution in [-0.2, 0) is 4.79 Å². The average molecular weight is 443 g/mol. The number of nitro benzene ring substituents is 1. The summed E-state index contributed by atoms with van der Waals surface area (Å²) in [5, 5.41) is 15.5. The number of anilines is 1. The van der Waals surface area contributed by atoms with Crippen molar-refractivity contribution in [3.63, 3.8) is 0 Å². The Bertz CT molecular complexity index is 813. The van der Waals surface area contributed by atoms with Crippen molar-refractivity contribution < 1.29 is 18.9 Å². The van der Waals surface area contributed by atoms with Gasteiger partial charge in [-0.15, -0.1) is 0 Å². The molecule has 2 amide bonds. The molecule has 0 saturated heterocycles. The van der Waals surface area contributed by atoms with E-state index in [4.69, 9.17) is 0 Å². The molecule has 124 valence electrons. The van der Waals surface area contributed by atoms with Gasteiger partial charge in [-0.25, -0.2) is 0 Å². The van der Waals surface area contributed by atoms with Gasteiger partial charge < -0.3 is 10.6 Å². The Hall–Kier alpha value is -2.56. The fourth-order valence-electron chi connectivity index (χ4n) is 1.84. The van der Waals surface area contributed by atoms with Crippen molar-refractivity contribution in [1.29, 1.82) is 0 Å². The van der Waals surface area contributed by atoms with Gasteiger partial charge in [-0.1, -0.05) is 12.1 Å². The van der Waals surface area contributed by atoms with Crippen molar-refractivity contribution >= 4 is 45.8 Å². The number of nitro groups is 1. The fraction of sp³-hybridized carbons (Fsp3) is 0.0667. The molecule has 2 N–H and O–H groups in total. The smallest absolute Gasteiger partial charge is 0.306 e. The van der Waals surface area contributed by atoms with Gasteiger partial charge in [-0.3, -0.25) is 19.7 Å². The summed E-state index contributed by atoms with van der Waals surface area (Å²) in [5.41, 5.74) is -0.240. The number of carbonyl (C=O) groups is 2. The summed E-state index contributed by atoms with van der Waals surface area (Å²) in [4.78, 5) is 33.6. The van der Waals surface area contributed by atoms with Crippen LogP contribution in [0.5, 0.6) is 0 Å². The molecule has 0 aliphatic heterocycles. The zero-order chi connectivity index (χ0) is 17.7. The molecule has 0 spiro atoms. The molecule has 0 fully saturated rings.